The highest BCUT2D eigenvalue weighted by molar-refractivity contribution is 5.99. The molecular weight excluding hydrogens is 380 g/mol. The third-order valence-corrected chi connectivity index (χ3v) is 5.17. The fourth-order valence-corrected chi connectivity index (χ4v) is 3.47. The van der Waals surface area contributed by atoms with Crippen molar-refractivity contribution in [2.24, 2.45) is 5.41 Å². The lowest BCUT2D eigenvalue weighted by molar-refractivity contribution is -0.127. The molecule has 0 fully saturated rings. The summed E-state index contributed by atoms with van der Waals surface area (Å²) in [6, 6.07) is 18.9. The minimum Gasteiger partial charge on any atom is -0.490 e. The maximum absolute atomic E-state index is 12.6. The minimum absolute atomic E-state index is 0.0122. The van der Waals surface area contributed by atoms with Crippen LogP contribution in [0, 0.1) is 5.41 Å². The van der Waals surface area contributed by atoms with Crippen LogP contribution < -0.4 is 19.7 Å². The van der Waals surface area contributed by atoms with E-state index in [9.17, 15) is 9.59 Å². The second-order valence-corrected chi connectivity index (χ2v) is 8.07. The van der Waals surface area contributed by atoms with Gasteiger partial charge in [-0.2, -0.15) is 0 Å². The van der Waals surface area contributed by atoms with E-state index in [2.05, 4.69) is 5.32 Å². The lowest BCUT2D eigenvalue weighted by atomic mass is 9.93. The molecule has 6 nitrogen and oxygen atoms in total. The molecule has 1 aliphatic heterocycles. The first-order valence-corrected chi connectivity index (χ1v) is 9.80. The third kappa shape index (κ3) is 3.94. The maximum atomic E-state index is 12.6. The van der Waals surface area contributed by atoms with Gasteiger partial charge in [0, 0.05) is 18.8 Å². The molecule has 1 aliphatic rings. The second kappa shape index (κ2) is 7.71. The predicted molar refractivity (Wildman–Crippen MR) is 117 cm³/mol. The number of ether oxygens (including phenoxy) is 2. The van der Waals surface area contributed by atoms with E-state index in [0.29, 0.717) is 22.9 Å². The van der Waals surface area contributed by atoms with Gasteiger partial charge in [-0.25, -0.2) is 0 Å². The lowest BCUT2D eigenvalue weighted by Crippen LogP contribution is -2.39. The van der Waals surface area contributed by atoms with Crippen molar-refractivity contribution in [3.63, 3.8) is 0 Å². The van der Waals surface area contributed by atoms with Gasteiger partial charge in [-0.15, -0.1) is 0 Å². The van der Waals surface area contributed by atoms with E-state index < -0.39 is 5.41 Å². The number of benzene rings is 3. The van der Waals surface area contributed by atoms with Gasteiger partial charge >= 0.3 is 0 Å². The number of nitrogens with one attached hydrogen (secondary N) is 1. The number of carbonyl (C=O) groups excluding carboxylic acids is 2. The minimum atomic E-state index is -0.620. The maximum Gasteiger partial charge on any atom is 0.262 e. The molecule has 30 heavy (non-hydrogen) atoms. The monoisotopic (exact) mass is 404 g/mol. The van der Waals surface area contributed by atoms with Crippen LogP contribution in [0.3, 0.4) is 0 Å². The average molecular weight is 404 g/mol. The summed E-state index contributed by atoms with van der Waals surface area (Å²) in [6.45, 7) is 3.86. The molecule has 4 rings (SSSR count). The summed E-state index contributed by atoms with van der Waals surface area (Å²) in [4.78, 5) is 26.5. The van der Waals surface area contributed by atoms with Crippen LogP contribution in [0.15, 0.2) is 60.7 Å². The molecule has 0 spiro atoms. The van der Waals surface area contributed by atoms with E-state index in [-0.39, 0.29) is 25.0 Å². The van der Waals surface area contributed by atoms with Gasteiger partial charge in [-0.1, -0.05) is 30.3 Å². The molecule has 0 unspecified atom stereocenters. The first-order valence-electron chi connectivity index (χ1n) is 9.80. The molecule has 0 aliphatic carbocycles. The van der Waals surface area contributed by atoms with Crippen LogP contribution in [0.2, 0.25) is 0 Å². The summed E-state index contributed by atoms with van der Waals surface area (Å²) >= 11 is 0. The second-order valence-electron chi connectivity index (χ2n) is 8.07. The Morgan fingerprint density at radius 3 is 2.67 bits per heavy atom. The molecule has 6 heteroatoms. The van der Waals surface area contributed by atoms with E-state index >= 15 is 0 Å². The van der Waals surface area contributed by atoms with Gasteiger partial charge in [0.1, 0.15) is 18.1 Å². The van der Waals surface area contributed by atoms with Crippen molar-refractivity contribution in [2.75, 3.05) is 30.5 Å². The topological polar surface area (TPSA) is 67.9 Å². The summed E-state index contributed by atoms with van der Waals surface area (Å²) < 4.78 is 11.5. The summed E-state index contributed by atoms with van der Waals surface area (Å²) in [6.07, 6.45) is 0. The van der Waals surface area contributed by atoms with Crippen LogP contribution in [-0.2, 0) is 9.59 Å². The van der Waals surface area contributed by atoms with Crippen molar-refractivity contribution in [2.45, 2.75) is 13.8 Å². The molecule has 2 amide bonds. The standard InChI is InChI=1S/C24H24N2O4/c1-24(2)15-30-21-13-18(9-11-20(21)26(3)23(24)28)25-22(27)14-29-19-10-8-16-6-4-5-7-17(16)12-19/h4-13H,14-15H2,1-3H3,(H,25,27). The Morgan fingerprint density at radius 1 is 1.10 bits per heavy atom. The van der Waals surface area contributed by atoms with Crippen molar-refractivity contribution >= 4 is 34.0 Å². The van der Waals surface area contributed by atoms with Gasteiger partial charge in [0.2, 0.25) is 5.91 Å². The average Bonchev–Trinajstić information content (AvgIpc) is 2.82. The molecule has 3 aromatic rings. The Kier molecular flexibility index (Phi) is 5.08. The molecule has 0 bridgehead atoms. The van der Waals surface area contributed by atoms with Crippen molar-refractivity contribution in [1.82, 2.24) is 0 Å². The highest BCUT2D eigenvalue weighted by Gasteiger charge is 2.36. The molecule has 1 N–H and O–H groups in total. The fraction of sp³-hybridized carbons (Fsp3) is 0.250. The number of amides is 2. The number of hydrogen-bond acceptors (Lipinski definition) is 4. The van der Waals surface area contributed by atoms with Crippen LogP contribution in [0.1, 0.15) is 13.8 Å². The van der Waals surface area contributed by atoms with Gasteiger partial charge in [0.25, 0.3) is 5.91 Å². The van der Waals surface area contributed by atoms with E-state index in [1.807, 2.05) is 56.3 Å². The smallest absolute Gasteiger partial charge is 0.262 e. The molecule has 1 heterocycles. The van der Waals surface area contributed by atoms with Crippen LogP contribution in [0.5, 0.6) is 11.5 Å². The van der Waals surface area contributed by atoms with Gasteiger partial charge in [0.05, 0.1) is 11.1 Å². The number of hydrogen-bond donors (Lipinski definition) is 1. The third-order valence-electron chi connectivity index (χ3n) is 5.17. The summed E-state index contributed by atoms with van der Waals surface area (Å²) in [5.74, 6) is 0.907. The summed E-state index contributed by atoms with van der Waals surface area (Å²) in [5.41, 5.74) is 0.641. The fourth-order valence-electron chi connectivity index (χ4n) is 3.47. The number of rotatable bonds is 4. The number of anilines is 2. The highest BCUT2D eigenvalue weighted by Crippen LogP contribution is 2.37. The Balaban J connectivity index is 1.42. The van der Waals surface area contributed by atoms with Crippen LogP contribution in [0.4, 0.5) is 11.4 Å². The SMILES string of the molecule is CN1C(=O)C(C)(C)COc2cc(NC(=O)COc3ccc4ccccc4c3)ccc21. The van der Waals surface area contributed by atoms with Crippen molar-refractivity contribution < 1.29 is 19.1 Å². The molecule has 154 valence electrons. The van der Waals surface area contributed by atoms with Crippen molar-refractivity contribution in [1.29, 1.82) is 0 Å². The number of fused-ring (bicyclic) bond motifs is 2. The van der Waals surface area contributed by atoms with Crippen LogP contribution in [0.25, 0.3) is 10.8 Å². The van der Waals surface area contributed by atoms with E-state index in [1.54, 1.807) is 30.1 Å². The molecular formula is C24H24N2O4. The van der Waals surface area contributed by atoms with E-state index in [1.165, 1.54) is 0 Å². The van der Waals surface area contributed by atoms with E-state index in [0.717, 1.165) is 10.8 Å². The molecule has 0 atom stereocenters. The highest BCUT2D eigenvalue weighted by atomic mass is 16.5. The zero-order valence-corrected chi connectivity index (χ0v) is 17.3. The van der Waals surface area contributed by atoms with Crippen LogP contribution >= 0.6 is 0 Å². The summed E-state index contributed by atoms with van der Waals surface area (Å²) in [7, 11) is 1.73. The van der Waals surface area contributed by atoms with E-state index in [4.69, 9.17) is 9.47 Å². The Morgan fingerprint density at radius 2 is 1.87 bits per heavy atom. The Labute approximate surface area is 175 Å². The quantitative estimate of drug-likeness (QED) is 0.706. The van der Waals surface area contributed by atoms with Gasteiger partial charge in [-0.3, -0.25) is 9.59 Å². The molecule has 0 radical (unpaired) electrons. The Bertz CT molecular complexity index is 1120. The first kappa shape index (κ1) is 19.8. The Hall–Kier alpha value is -3.54. The van der Waals surface area contributed by atoms with Gasteiger partial charge in [-0.05, 0) is 48.9 Å². The zero-order valence-electron chi connectivity index (χ0n) is 17.3. The number of carbonyl (C=O) groups is 2. The zero-order chi connectivity index (χ0) is 21.3. The lowest BCUT2D eigenvalue weighted by Gasteiger charge is -2.24. The number of nitrogens with zero attached hydrogens (tertiary/aromatic N) is 1. The van der Waals surface area contributed by atoms with Crippen molar-refractivity contribution in [3.8, 4) is 11.5 Å². The van der Waals surface area contributed by atoms with Crippen molar-refractivity contribution in [3.05, 3.63) is 60.7 Å². The van der Waals surface area contributed by atoms with Gasteiger partial charge < -0.3 is 19.7 Å². The molecule has 0 saturated carbocycles. The molecule has 3 aromatic carbocycles. The molecule has 0 aromatic heterocycles. The normalized spacial score (nSPS) is 15.2. The van der Waals surface area contributed by atoms with Crippen LogP contribution in [-0.4, -0.2) is 32.1 Å². The van der Waals surface area contributed by atoms with Gasteiger partial charge in [0.15, 0.2) is 6.61 Å². The first-order chi connectivity index (χ1) is 14.3. The predicted octanol–water partition coefficient (Wildman–Crippen LogP) is 4.24. The largest absolute Gasteiger partial charge is 0.490 e. The molecule has 0 saturated heterocycles. The summed E-state index contributed by atoms with van der Waals surface area (Å²) in [5, 5.41) is 4.99.